The molecule has 2 N–H and O–H groups in total. The highest BCUT2D eigenvalue weighted by molar-refractivity contribution is 5.81. The van der Waals surface area contributed by atoms with E-state index in [9.17, 15) is 9.59 Å². The Bertz CT molecular complexity index is 265. The minimum atomic E-state index is -0.113. The number of hydrogen-bond donors (Lipinski definition) is 2. The topological polar surface area (TPSA) is 70.7 Å². The van der Waals surface area contributed by atoms with Gasteiger partial charge in [-0.3, -0.25) is 14.9 Å². The van der Waals surface area contributed by atoms with E-state index in [1.165, 1.54) is 6.42 Å². The smallest absolute Gasteiger partial charge is 0.236 e. The Hall–Kier alpha value is -1.14. The summed E-state index contributed by atoms with van der Waals surface area (Å²) in [6, 6.07) is 0. The van der Waals surface area contributed by atoms with Gasteiger partial charge in [-0.25, -0.2) is 0 Å². The summed E-state index contributed by atoms with van der Waals surface area (Å²) in [5.41, 5.74) is 0. The standard InChI is InChI=1S/C12H23N3O3/c1-18-8-5-14-11(16)9-13-10-12(17)15-6-3-2-4-7-15/h13H,2-10H2,1H3,(H,14,16). The number of nitrogens with zero attached hydrogens (tertiary/aromatic N) is 1. The van der Waals surface area contributed by atoms with Crippen molar-refractivity contribution in [3.05, 3.63) is 0 Å². The van der Waals surface area contributed by atoms with Gasteiger partial charge in [-0.15, -0.1) is 0 Å². The summed E-state index contributed by atoms with van der Waals surface area (Å²) in [6.45, 7) is 3.09. The zero-order valence-corrected chi connectivity index (χ0v) is 11.0. The largest absolute Gasteiger partial charge is 0.383 e. The van der Waals surface area contributed by atoms with Crippen molar-refractivity contribution < 1.29 is 14.3 Å². The Labute approximate surface area is 108 Å². The highest BCUT2D eigenvalue weighted by Gasteiger charge is 2.15. The van der Waals surface area contributed by atoms with Gasteiger partial charge in [-0.1, -0.05) is 0 Å². The Kier molecular flexibility index (Phi) is 7.36. The van der Waals surface area contributed by atoms with E-state index in [1.807, 2.05) is 4.90 Å². The maximum atomic E-state index is 11.8. The molecule has 104 valence electrons. The lowest BCUT2D eigenvalue weighted by atomic mass is 10.1. The molecule has 1 saturated heterocycles. The highest BCUT2D eigenvalue weighted by Crippen LogP contribution is 2.07. The van der Waals surface area contributed by atoms with E-state index in [0.717, 1.165) is 25.9 Å². The van der Waals surface area contributed by atoms with Gasteiger partial charge in [0, 0.05) is 26.7 Å². The lowest BCUT2D eigenvalue weighted by Gasteiger charge is -2.26. The third-order valence-corrected chi connectivity index (χ3v) is 2.90. The third-order valence-electron chi connectivity index (χ3n) is 2.90. The molecule has 0 saturated carbocycles. The zero-order chi connectivity index (χ0) is 13.2. The van der Waals surface area contributed by atoms with Crippen molar-refractivity contribution in [3.63, 3.8) is 0 Å². The summed E-state index contributed by atoms with van der Waals surface area (Å²) in [5.74, 6) is -0.0297. The van der Waals surface area contributed by atoms with Gasteiger partial charge >= 0.3 is 0 Å². The van der Waals surface area contributed by atoms with Crippen molar-refractivity contribution >= 4 is 11.8 Å². The molecule has 1 rings (SSSR count). The molecule has 1 fully saturated rings. The van der Waals surface area contributed by atoms with E-state index in [-0.39, 0.29) is 24.9 Å². The molecule has 0 aliphatic carbocycles. The van der Waals surface area contributed by atoms with Crippen LogP contribution in [0.1, 0.15) is 19.3 Å². The van der Waals surface area contributed by atoms with Crippen molar-refractivity contribution in [1.82, 2.24) is 15.5 Å². The normalized spacial score (nSPS) is 15.5. The van der Waals surface area contributed by atoms with Gasteiger partial charge in [-0.2, -0.15) is 0 Å². The Morgan fingerprint density at radius 1 is 1.17 bits per heavy atom. The van der Waals surface area contributed by atoms with Crippen LogP contribution in [0.2, 0.25) is 0 Å². The number of amides is 2. The van der Waals surface area contributed by atoms with Gasteiger partial charge in [0.2, 0.25) is 11.8 Å². The highest BCUT2D eigenvalue weighted by atomic mass is 16.5. The van der Waals surface area contributed by atoms with Crippen LogP contribution in [0.25, 0.3) is 0 Å². The van der Waals surface area contributed by atoms with Crippen LogP contribution >= 0.6 is 0 Å². The molecule has 0 bridgehead atoms. The van der Waals surface area contributed by atoms with Gasteiger partial charge in [0.1, 0.15) is 0 Å². The van der Waals surface area contributed by atoms with Gasteiger partial charge in [-0.05, 0) is 19.3 Å². The second kappa shape index (κ2) is 8.88. The number of rotatable bonds is 7. The molecule has 1 aliphatic rings. The zero-order valence-electron chi connectivity index (χ0n) is 11.0. The first kappa shape index (κ1) is 14.9. The summed E-state index contributed by atoms with van der Waals surface area (Å²) < 4.78 is 4.82. The predicted molar refractivity (Wildman–Crippen MR) is 68.2 cm³/mol. The monoisotopic (exact) mass is 257 g/mol. The van der Waals surface area contributed by atoms with Crippen LogP contribution in [0.3, 0.4) is 0 Å². The van der Waals surface area contributed by atoms with Gasteiger partial charge in [0.05, 0.1) is 19.7 Å². The van der Waals surface area contributed by atoms with Crippen LogP contribution in [0, 0.1) is 0 Å². The fourth-order valence-electron chi connectivity index (χ4n) is 1.89. The van der Waals surface area contributed by atoms with E-state index < -0.39 is 0 Å². The Balaban J connectivity index is 2.05. The molecule has 18 heavy (non-hydrogen) atoms. The van der Waals surface area contributed by atoms with Crippen LogP contribution in [-0.2, 0) is 14.3 Å². The summed E-state index contributed by atoms with van der Waals surface area (Å²) in [5, 5.41) is 5.55. The second-order valence-corrected chi connectivity index (χ2v) is 4.39. The fraction of sp³-hybridized carbons (Fsp3) is 0.833. The lowest BCUT2D eigenvalue weighted by molar-refractivity contribution is -0.131. The van der Waals surface area contributed by atoms with Crippen molar-refractivity contribution in [1.29, 1.82) is 0 Å². The van der Waals surface area contributed by atoms with Crippen LogP contribution < -0.4 is 10.6 Å². The van der Waals surface area contributed by atoms with Gasteiger partial charge in [0.15, 0.2) is 0 Å². The molecule has 1 heterocycles. The predicted octanol–water partition coefficient (Wildman–Crippen LogP) is -0.649. The first-order valence-corrected chi connectivity index (χ1v) is 6.48. The quantitative estimate of drug-likeness (QED) is 0.595. The molecule has 0 aromatic rings. The number of carbonyl (C=O) groups is 2. The fourth-order valence-corrected chi connectivity index (χ4v) is 1.89. The maximum Gasteiger partial charge on any atom is 0.236 e. The van der Waals surface area contributed by atoms with E-state index >= 15 is 0 Å². The molecule has 0 radical (unpaired) electrons. The molecule has 0 atom stereocenters. The molecule has 1 aliphatic heterocycles. The van der Waals surface area contributed by atoms with Crippen molar-refractivity contribution in [2.45, 2.75) is 19.3 Å². The summed E-state index contributed by atoms with van der Waals surface area (Å²) in [7, 11) is 1.59. The Morgan fingerprint density at radius 2 is 1.89 bits per heavy atom. The third kappa shape index (κ3) is 5.97. The van der Waals surface area contributed by atoms with E-state index in [0.29, 0.717) is 13.2 Å². The summed E-state index contributed by atoms with van der Waals surface area (Å²) >= 11 is 0. The van der Waals surface area contributed by atoms with E-state index in [1.54, 1.807) is 7.11 Å². The summed E-state index contributed by atoms with van der Waals surface area (Å²) in [4.78, 5) is 24.9. The number of methoxy groups -OCH3 is 1. The number of carbonyl (C=O) groups excluding carboxylic acids is 2. The minimum absolute atomic E-state index is 0.0828. The van der Waals surface area contributed by atoms with Crippen LogP contribution in [0.5, 0.6) is 0 Å². The van der Waals surface area contributed by atoms with Gasteiger partial charge < -0.3 is 15.0 Å². The average molecular weight is 257 g/mol. The number of piperidine rings is 1. The van der Waals surface area contributed by atoms with Crippen LogP contribution in [-0.4, -0.2) is 63.2 Å². The molecule has 0 unspecified atom stereocenters. The van der Waals surface area contributed by atoms with E-state index in [2.05, 4.69) is 10.6 Å². The molecule has 0 aromatic heterocycles. The maximum absolute atomic E-state index is 11.8. The van der Waals surface area contributed by atoms with Crippen molar-refractivity contribution in [3.8, 4) is 0 Å². The minimum Gasteiger partial charge on any atom is -0.383 e. The first-order chi connectivity index (χ1) is 8.74. The molecule has 0 spiro atoms. The number of hydrogen-bond acceptors (Lipinski definition) is 4. The van der Waals surface area contributed by atoms with Crippen LogP contribution in [0.4, 0.5) is 0 Å². The Morgan fingerprint density at radius 3 is 2.56 bits per heavy atom. The van der Waals surface area contributed by atoms with Crippen molar-refractivity contribution in [2.24, 2.45) is 0 Å². The average Bonchev–Trinajstić information content (AvgIpc) is 2.40. The molecular formula is C12H23N3O3. The van der Waals surface area contributed by atoms with Gasteiger partial charge in [0.25, 0.3) is 0 Å². The van der Waals surface area contributed by atoms with Crippen molar-refractivity contribution in [2.75, 3.05) is 46.4 Å². The SMILES string of the molecule is COCCNC(=O)CNCC(=O)N1CCCCC1. The summed E-state index contributed by atoms with van der Waals surface area (Å²) in [6.07, 6.45) is 3.38. The number of likely N-dealkylation sites (tertiary alicyclic amines) is 1. The lowest BCUT2D eigenvalue weighted by Crippen LogP contribution is -2.43. The molecule has 2 amide bonds. The number of nitrogens with one attached hydrogen (secondary N) is 2. The molecule has 6 heteroatoms. The molecule has 0 aromatic carbocycles. The van der Waals surface area contributed by atoms with E-state index in [4.69, 9.17) is 4.74 Å². The number of ether oxygens (including phenoxy) is 1. The second-order valence-electron chi connectivity index (χ2n) is 4.39. The molecule has 6 nitrogen and oxygen atoms in total. The van der Waals surface area contributed by atoms with Crippen LogP contribution in [0.15, 0.2) is 0 Å². The first-order valence-electron chi connectivity index (χ1n) is 6.48. The molecular weight excluding hydrogens is 234 g/mol.